The molecule has 1 aliphatic heterocycles. The van der Waals surface area contributed by atoms with Crippen LogP contribution in [0.2, 0.25) is 0 Å². The lowest BCUT2D eigenvalue weighted by molar-refractivity contribution is 0.231. The second-order valence-electron chi connectivity index (χ2n) is 5.35. The first-order valence-corrected chi connectivity index (χ1v) is 6.81. The van der Waals surface area contributed by atoms with E-state index in [2.05, 4.69) is 35.8 Å². The fourth-order valence-corrected chi connectivity index (χ4v) is 2.58. The Morgan fingerprint density at radius 2 is 1.74 bits per heavy atom. The lowest BCUT2D eigenvalue weighted by atomic mass is 10.1. The summed E-state index contributed by atoms with van der Waals surface area (Å²) in [5.41, 5.74) is 1.23. The summed E-state index contributed by atoms with van der Waals surface area (Å²) in [6.45, 7) is 10.3. The van der Waals surface area contributed by atoms with E-state index in [1.165, 1.54) is 12.2 Å². The summed E-state index contributed by atoms with van der Waals surface area (Å²) in [5.74, 6) is 1.73. The van der Waals surface area contributed by atoms with Crippen molar-refractivity contribution in [3.63, 3.8) is 0 Å². The van der Waals surface area contributed by atoms with Crippen molar-refractivity contribution >= 4 is 18.1 Å². The molecule has 2 rings (SSSR count). The third-order valence-corrected chi connectivity index (χ3v) is 3.42. The van der Waals surface area contributed by atoms with Gasteiger partial charge in [0.15, 0.2) is 0 Å². The van der Waals surface area contributed by atoms with E-state index < -0.39 is 0 Å². The summed E-state index contributed by atoms with van der Waals surface area (Å²) in [4.78, 5) is 4.98. The summed E-state index contributed by atoms with van der Waals surface area (Å²) in [6, 6.07) is 8.29. The standard InChI is InChI=1S/C15H24N2O.ClH/c1-13(2)12-16-8-10-17(11-9-16)14-6-4-5-7-15(14)18-3;/h4-7,13H,8-12H2,1-3H3;1H. The molecule has 4 heteroatoms. The molecular weight excluding hydrogens is 260 g/mol. The van der Waals surface area contributed by atoms with E-state index in [0.717, 1.165) is 37.8 Å². The molecule has 1 aromatic carbocycles. The molecule has 0 N–H and O–H groups in total. The van der Waals surface area contributed by atoms with Crippen LogP contribution in [0.1, 0.15) is 13.8 Å². The molecule has 0 spiro atoms. The summed E-state index contributed by atoms with van der Waals surface area (Å²) >= 11 is 0. The zero-order chi connectivity index (χ0) is 13.0. The number of rotatable bonds is 4. The Bertz CT molecular complexity index is 376. The molecule has 1 aliphatic rings. The summed E-state index contributed by atoms with van der Waals surface area (Å²) in [6.07, 6.45) is 0. The van der Waals surface area contributed by atoms with Crippen LogP contribution in [-0.2, 0) is 0 Å². The first-order chi connectivity index (χ1) is 8.70. The molecule has 0 aromatic heterocycles. The highest BCUT2D eigenvalue weighted by molar-refractivity contribution is 5.85. The van der Waals surface area contributed by atoms with Gasteiger partial charge in [0.25, 0.3) is 0 Å². The highest BCUT2D eigenvalue weighted by Gasteiger charge is 2.19. The van der Waals surface area contributed by atoms with Crippen molar-refractivity contribution in [2.24, 2.45) is 5.92 Å². The molecule has 3 nitrogen and oxygen atoms in total. The van der Waals surface area contributed by atoms with Crippen LogP contribution < -0.4 is 9.64 Å². The lowest BCUT2D eigenvalue weighted by Gasteiger charge is -2.37. The molecule has 1 aromatic rings. The van der Waals surface area contributed by atoms with Gasteiger partial charge < -0.3 is 9.64 Å². The molecule has 0 aliphatic carbocycles. The van der Waals surface area contributed by atoms with Crippen molar-refractivity contribution in [1.82, 2.24) is 4.90 Å². The quantitative estimate of drug-likeness (QED) is 0.846. The second-order valence-corrected chi connectivity index (χ2v) is 5.35. The molecule has 0 radical (unpaired) electrons. The van der Waals surface area contributed by atoms with E-state index in [1.807, 2.05) is 12.1 Å². The molecule has 108 valence electrons. The maximum Gasteiger partial charge on any atom is 0.142 e. The monoisotopic (exact) mass is 284 g/mol. The van der Waals surface area contributed by atoms with Crippen molar-refractivity contribution in [2.75, 3.05) is 44.7 Å². The van der Waals surface area contributed by atoms with Crippen LogP contribution in [0.5, 0.6) is 5.75 Å². The fraction of sp³-hybridized carbons (Fsp3) is 0.600. The van der Waals surface area contributed by atoms with E-state index in [1.54, 1.807) is 7.11 Å². The van der Waals surface area contributed by atoms with Crippen LogP contribution in [-0.4, -0.2) is 44.7 Å². The Hall–Kier alpha value is -0.930. The van der Waals surface area contributed by atoms with Crippen molar-refractivity contribution in [2.45, 2.75) is 13.8 Å². The molecular formula is C15H25ClN2O. The molecule has 1 fully saturated rings. The smallest absolute Gasteiger partial charge is 0.142 e. The van der Waals surface area contributed by atoms with Gasteiger partial charge in [-0.1, -0.05) is 26.0 Å². The number of hydrogen-bond donors (Lipinski definition) is 0. The summed E-state index contributed by atoms with van der Waals surface area (Å²) in [5, 5.41) is 0. The van der Waals surface area contributed by atoms with Crippen LogP contribution in [0.15, 0.2) is 24.3 Å². The number of ether oxygens (including phenoxy) is 1. The summed E-state index contributed by atoms with van der Waals surface area (Å²) < 4.78 is 5.43. The number of nitrogens with zero attached hydrogens (tertiary/aromatic N) is 2. The Morgan fingerprint density at radius 1 is 1.11 bits per heavy atom. The van der Waals surface area contributed by atoms with Crippen molar-refractivity contribution in [1.29, 1.82) is 0 Å². The van der Waals surface area contributed by atoms with Gasteiger partial charge in [-0.15, -0.1) is 12.4 Å². The number of para-hydroxylation sites is 2. The van der Waals surface area contributed by atoms with Crippen LogP contribution in [0, 0.1) is 5.92 Å². The predicted molar refractivity (Wildman–Crippen MR) is 83.7 cm³/mol. The van der Waals surface area contributed by atoms with E-state index in [-0.39, 0.29) is 12.4 Å². The van der Waals surface area contributed by atoms with Gasteiger partial charge in [0.1, 0.15) is 5.75 Å². The molecule has 0 unspecified atom stereocenters. The largest absolute Gasteiger partial charge is 0.495 e. The maximum absolute atomic E-state index is 5.43. The fourth-order valence-electron chi connectivity index (χ4n) is 2.58. The van der Waals surface area contributed by atoms with Crippen LogP contribution >= 0.6 is 12.4 Å². The number of halogens is 1. The molecule has 0 bridgehead atoms. The minimum atomic E-state index is 0. The number of anilines is 1. The van der Waals surface area contributed by atoms with Gasteiger partial charge in [-0.05, 0) is 18.1 Å². The van der Waals surface area contributed by atoms with E-state index in [9.17, 15) is 0 Å². The molecule has 0 amide bonds. The lowest BCUT2D eigenvalue weighted by Crippen LogP contribution is -2.47. The zero-order valence-electron chi connectivity index (χ0n) is 12.1. The van der Waals surface area contributed by atoms with Gasteiger partial charge >= 0.3 is 0 Å². The van der Waals surface area contributed by atoms with Gasteiger partial charge in [-0.2, -0.15) is 0 Å². The van der Waals surface area contributed by atoms with Gasteiger partial charge in [0.05, 0.1) is 12.8 Å². The number of benzene rings is 1. The SMILES string of the molecule is COc1ccccc1N1CCN(CC(C)C)CC1.Cl. The Kier molecular flexibility index (Phi) is 6.46. The van der Waals surface area contributed by atoms with Gasteiger partial charge in [0.2, 0.25) is 0 Å². The minimum absolute atomic E-state index is 0. The normalized spacial score (nSPS) is 16.3. The van der Waals surface area contributed by atoms with Crippen LogP contribution in [0.4, 0.5) is 5.69 Å². The molecule has 0 atom stereocenters. The topological polar surface area (TPSA) is 15.7 Å². The first-order valence-electron chi connectivity index (χ1n) is 6.81. The van der Waals surface area contributed by atoms with E-state index in [4.69, 9.17) is 4.74 Å². The Morgan fingerprint density at radius 3 is 2.32 bits per heavy atom. The van der Waals surface area contributed by atoms with E-state index >= 15 is 0 Å². The Balaban J connectivity index is 0.00000180. The van der Waals surface area contributed by atoms with E-state index in [0.29, 0.717) is 0 Å². The zero-order valence-corrected chi connectivity index (χ0v) is 12.9. The van der Waals surface area contributed by atoms with Gasteiger partial charge in [-0.3, -0.25) is 4.90 Å². The highest BCUT2D eigenvalue weighted by Crippen LogP contribution is 2.28. The minimum Gasteiger partial charge on any atom is -0.495 e. The molecule has 1 saturated heterocycles. The van der Waals surface area contributed by atoms with Crippen molar-refractivity contribution in [3.8, 4) is 5.75 Å². The molecule has 1 heterocycles. The first kappa shape index (κ1) is 16.1. The third-order valence-electron chi connectivity index (χ3n) is 3.42. The maximum atomic E-state index is 5.43. The number of hydrogen-bond acceptors (Lipinski definition) is 3. The number of methoxy groups -OCH3 is 1. The Labute approximate surface area is 122 Å². The molecule has 0 saturated carbocycles. The van der Waals surface area contributed by atoms with Crippen molar-refractivity contribution < 1.29 is 4.74 Å². The summed E-state index contributed by atoms with van der Waals surface area (Å²) in [7, 11) is 1.74. The second kappa shape index (κ2) is 7.61. The molecule has 19 heavy (non-hydrogen) atoms. The number of piperazine rings is 1. The third kappa shape index (κ3) is 4.29. The highest BCUT2D eigenvalue weighted by atomic mass is 35.5. The predicted octanol–water partition coefficient (Wildman–Crippen LogP) is 2.90. The average Bonchev–Trinajstić information content (AvgIpc) is 2.39. The van der Waals surface area contributed by atoms with Gasteiger partial charge in [0, 0.05) is 32.7 Å². The van der Waals surface area contributed by atoms with Gasteiger partial charge in [-0.25, -0.2) is 0 Å². The van der Waals surface area contributed by atoms with Crippen LogP contribution in [0.25, 0.3) is 0 Å². The van der Waals surface area contributed by atoms with Crippen molar-refractivity contribution in [3.05, 3.63) is 24.3 Å². The van der Waals surface area contributed by atoms with Crippen LogP contribution in [0.3, 0.4) is 0 Å². The average molecular weight is 285 g/mol.